The van der Waals surface area contributed by atoms with Gasteiger partial charge in [-0.05, 0) is 47.0 Å². The van der Waals surface area contributed by atoms with Crippen molar-refractivity contribution in [3.8, 4) is 0 Å². The topological polar surface area (TPSA) is 99.0 Å². The Morgan fingerprint density at radius 1 is 1.40 bits per heavy atom. The standard InChI is InChI=1S/C18H27N5O2/c1-11-7-14(25-22-11)9-17(24)20-16-10-15(12-5-6-13(19)8-12)21-23(16)18(2,3)4/h7,10,12-13H,5-6,8-9,19H2,1-4H3,(H,20,24)/t12-,13+/m0/s1. The molecule has 0 radical (unpaired) electrons. The monoisotopic (exact) mass is 345 g/mol. The van der Waals surface area contributed by atoms with Crippen LogP contribution in [0.1, 0.15) is 63.1 Å². The van der Waals surface area contributed by atoms with Crippen molar-refractivity contribution in [2.75, 3.05) is 5.32 Å². The lowest BCUT2D eigenvalue weighted by molar-refractivity contribution is -0.115. The van der Waals surface area contributed by atoms with Gasteiger partial charge in [0.1, 0.15) is 11.6 Å². The molecule has 0 aliphatic heterocycles. The van der Waals surface area contributed by atoms with Crippen LogP contribution in [-0.2, 0) is 16.8 Å². The molecule has 1 aliphatic carbocycles. The lowest BCUT2D eigenvalue weighted by Gasteiger charge is -2.22. The van der Waals surface area contributed by atoms with E-state index in [4.69, 9.17) is 15.4 Å². The molecule has 7 nitrogen and oxygen atoms in total. The predicted molar refractivity (Wildman–Crippen MR) is 95.4 cm³/mol. The third kappa shape index (κ3) is 4.10. The maximum atomic E-state index is 12.4. The molecule has 136 valence electrons. The van der Waals surface area contributed by atoms with Crippen LogP contribution in [0, 0.1) is 6.92 Å². The summed E-state index contributed by atoms with van der Waals surface area (Å²) in [5, 5.41) is 11.6. The van der Waals surface area contributed by atoms with Crippen molar-refractivity contribution in [3.05, 3.63) is 29.3 Å². The molecule has 25 heavy (non-hydrogen) atoms. The highest BCUT2D eigenvalue weighted by molar-refractivity contribution is 5.91. The number of nitrogens with zero attached hydrogens (tertiary/aromatic N) is 3. The summed E-state index contributed by atoms with van der Waals surface area (Å²) in [5.74, 6) is 1.49. The molecule has 7 heteroatoms. The van der Waals surface area contributed by atoms with E-state index < -0.39 is 0 Å². The summed E-state index contributed by atoms with van der Waals surface area (Å²) in [5.41, 5.74) is 7.58. The van der Waals surface area contributed by atoms with Crippen molar-refractivity contribution < 1.29 is 9.32 Å². The number of nitrogens with two attached hydrogens (primary N) is 1. The Morgan fingerprint density at radius 2 is 2.16 bits per heavy atom. The first kappa shape index (κ1) is 17.7. The number of aryl methyl sites for hydroxylation is 1. The molecule has 3 N–H and O–H groups in total. The Bertz CT molecular complexity index is 756. The summed E-state index contributed by atoms with van der Waals surface area (Å²) in [7, 11) is 0. The zero-order valence-electron chi connectivity index (χ0n) is 15.4. The Hall–Kier alpha value is -2.15. The van der Waals surface area contributed by atoms with Gasteiger partial charge in [0.15, 0.2) is 0 Å². The minimum Gasteiger partial charge on any atom is -0.361 e. The summed E-state index contributed by atoms with van der Waals surface area (Å²) in [4.78, 5) is 12.4. The molecule has 0 unspecified atom stereocenters. The van der Waals surface area contributed by atoms with Crippen LogP contribution in [0.15, 0.2) is 16.7 Å². The van der Waals surface area contributed by atoms with E-state index >= 15 is 0 Å². The Balaban J connectivity index is 1.79. The first-order valence-corrected chi connectivity index (χ1v) is 8.80. The Kier molecular flexibility index (Phi) is 4.69. The molecular formula is C18H27N5O2. The smallest absolute Gasteiger partial charge is 0.233 e. The van der Waals surface area contributed by atoms with Gasteiger partial charge in [0, 0.05) is 24.1 Å². The van der Waals surface area contributed by atoms with Crippen LogP contribution in [0.2, 0.25) is 0 Å². The van der Waals surface area contributed by atoms with Gasteiger partial charge >= 0.3 is 0 Å². The molecule has 0 spiro atoms. The zero-order chi connectivity index (χ0) is 18.2. The van der Waals surface area contributed by atoms with Gasteiger partial charge in [-0.1, -0.05) is 5.16 Å². The molecule has 2 atom stereocenters. The van der Waals surface area contributed by atoms with Crippen LogP contribution in [0.3, 0.4) is 0 Å². The van der Waals surface area contributed by atoms with Gasteiger partial charge < -0.3 is 15.6 Å². The van der Waals surface area contributed by atoms with E-state index in [1.807, 2.05) is 17.7 Å². The number of hydrogen-bond acceptors (Lipinski definition) is 5. The van der Waals surface area contributed by atoms with Gasteiger partial charge in [-0.3, -0.25) is 4.79 Å². The molecule has 0 aromatic carbocycles. The van der Waals surface area contributed by atoms with Crippen LogP contribution < -0.4 is 11.1 Å². The molecule has 2 heterocycles. The maximum absolute atomic E-state index is 12.4. The normalized spacial score (nSPS) is 20.8. The molecule has 1 fully saturated rings. The van der Waals surface area contributed by atoms with E-state index in [1.165, 1.54) is 0 Å². The van der Waals surface area contributed by atoms with Crippen LogP contribution in [-0.4, -0.2) is 26.9 Å². The third-order valence-electron chi connectivity index (χ3n) is 4.53. The van der Waals surface area contributed by atoms with Crippen molar-refractivity contribution in [1.82, 2.24) is 14.9 Å². The van der Waals surface area contributed by atoms with Crippen molar-refractivity contribution in [2.24, 2.45) is 5.73 Å². The quantitative estimate of drug-likeness (QED) is 0.887. The second-order valence-corrected chi connectivity index (χ2v) is 7.97. The predicted octanol–water partition coefficient (Wildman–Crippen LogP) is 2.71. The van der Waals surface area contributed by atoms with Crippen LogP contribution in [0.25, 0.3) is 0 Å². The van der Waals surface area contributed by atoms with Crippen LogP contribution in [0.5, 0.6) is 0 Å². The molecule has 0 saturated heterocycles. The van der Waals surface area contributed by atoms with Gasteiger partial charge in [0.25, 0.3) is 0 Å². The molecular weight excluding hydrogens is 318 g/mol. The summed E-state index contributed by atoms with van der Waals surface area (Å²) >= 11 is 0. The number of carbonyl (C=O) groups is 1. The van der Waals surface area contributed by atoms with Gasteiger partial charge in [0.05, 0.1) is 23.3 Å². The fraction of sp³-hybridized carbons (Fsp3) is 0.611. The number of nitrogens with one attached hydrogen (secondary N) is 1. The highest BCUT2D eigenvalue weighted by Gasteiger charge is 2.28. The lowest BCUT2D eigenvalue weighted by atomic mass is 10.0. The number of amides is 1. The van der Waals surface area contributed by atoms with Crippen LogP contribution >= 0.6 is 0 Å². The van der Waals surface area contributed by atoms with Crippen molar-refractivity contribution in [1.29, 1.82) is 0 Å². The Labute approximate surface area is 147 Å². The molecule has 2 aromatic heterocycles. The first-order valence-electron chi connectivity index (χ1n) is 8.80. The van der Waals surface area contributed by atoms with E-state index in [2.05, 4.69) is 31.2 Å². The second-order valence-electron chi connectivity index (χ2n) is 7.97. The van der Waals surface area contributed by atoms with E-state index in [1.54, 1.807) is 6.07 Å². The van der Waals surface area contributed by atoms with Gasteiger partial charge in [-0.15, -0.1) is 0 Å². The molecule has 1 amide bonds. The second kappa shape index (κ2) is 6.63. The third-order valence-corrected chi connectivity index (χ3v) is 4.53. The zero-order valence-corrected chi connectivity index (χ0v) is 15.4. The average molecular weight is 345 g/mol. The average Bonchev–Trinajstić information content (AvgIpc) is 3.19. The van der Waals surface area contributed by atoms with E-state index in [0.717, 1.165) is 30.7 Å². The van der Waals surface area contributed by atoms with Crippen molar-refractivity contribution >= 4 is 11.7 Å². The largest absolute Gasteiger partial charge is 0.361 e. The SMILES string of the molecule is Cc1cc(CC(=O)Nc2cc([C@H]3CC[C@@H](N)C3)nn2C(C)(C)C)on1. The van der Waals surface area contributed by atoms with Crippen molar-refractivity contribution in [3.63, 3.8) is 0 Å². The number of aromatic nitrogens is 3. The molecule has 1 aliphatic rings. The number of anilines is 1. The highest BCUT2D eigenvalue weighted by atomic mass is 16.5. The minimum atomic E-state index is -0.232. The van der Waals surface area contributed by atoms with Gasteiger partial charge in [-0.25, -0.2) is 4.68 Å². The van der Waals surface area contributed by atoms with Crippen LogP contribution in [0.4, 0.5) is 5.82 Å². The first-order chi connectivity index (χ1) is 11.7. The van der Waals surface area contributed by atoms with Gasteiger partial charge in [-0.2, -0.15) is 5.10 Å². The molecule has 2 aromatic rings. The number of carbonyl (C=O) groups excluding carboxylic acids is 1. The minimum absolute atomic E-state index is 0.142. The van der Waals surface area contributed by atoms with Crippen molar-refractivity contribution in [2.45, 2.75) is 70.9 Å². The molecule has 3 rings (SSSR count). The fourth-order valence-electron chi connectivity index (χ4n) is 3.33. The summed E-state index contributed by atoms with van der Waals surface area (Å²) in [6.45, 7) is 8.04. The van der Waals surface area contributed by atoms with E-state index in [9.17, 15) is 4.79 Å². The summed E-state index contributed by atoms with van der Waals surface area (Å²) in [6.07, 6.45) is 3.18. The molecule has 1 saturated carbocycles. The van der Waals surface area contributed by atoms with E-state index in [0.29, 0.717) is 17.5 Å². The van der Waals surface area contributed by atoms with Gasteiger partial charge in [0.2, 0.25) is 5.91 Å². The maximum Gasteiger partial charge on any atom is 0.233 e. The summed E-state index contributed by atoms with van der Waals surface area (Å²) < 4.78 is 7.01. The molecule has 0 bridgehead atoms. The number of rotatable bonds is 4. The summed E-state index contributed by atoms with van der Waals surface area (Å²) in [6, 6.07) is 4.00. The highest BCUT2D eigenvalue weighted by Crippen LogP contribution is 2.35. The lowest BCUT2D eigenvalue weighted by Crippen LogP contribution is -2.27. The fourth-order valence-corrected chi connectivity index (χ4v) is 3.33. The van der Waals surface area contributed by atoms with E-state index in [-0.39, 0.29) is 23.9 Å². The Morgan fingerprint density at radius 3 is 2.72 bits per heavy atom. The number of hydrogen-bond donors (Lipinski definition) is 2.